The number of likely N-dealkylation sites (N-methyl/N-ethyl adjacent to an activating group) is 1. The molecule has 2 aliphatic heterocycles. The number of oxazole rings is 1. The molecule has 0 radical (unpaired) electrons. The SMILES string of the molecule is CCc1cnc(CN(C)[C@@H]2CCN([C@@H]3CCOC3=O)C2)o1. The average Bonchev–Trinajstić information content (AvgIpc) is 3.17. The van der Waals surface area contributed by atoms with E-state index in [1.807, 2.05) is 0 Å². The quantitative estimate of drug-likeness (QED) is 0.757. The maximum Gasteiger partial charge on any atom is 0.323 e. The minimum absolute atomic E-state index is 0.0307. The van der Waals surface area contributed by atoms with Crippen molar-refractivity contribution in [2.24, 2.45) is 0 Å². The fraction of sp³-hybridized carbons (Fsp3) is 0.733. The number of carbonyl (C=O) groups excluding carboxylic acids is 1. The molecule has 0 unspecified atom stereocenters. The fourth-order valence-corrected chi connectivity index (χ4v) is 3.15. The number of esters is 1. The molecule has 0 N–H and O–H groups in total. The minimum atomic E-state index is -0.0569. The molecule has 0 amide bonds. The number of hydrogen-bond acceptors (Lipinski definition) is 6. The lowest BCUT2D eigenvalue weighted by atomic mass is 10.2. The Bertz CT molecular complexity index is 502. The van der Waals surface area contributed by atoms with Gasteiger partial charge < -0.3 is 9.15 Å². The third kappa shape index (κ3) is 3.11. The van der Waals surface area contributed by atoms with Gasteiger partial charge in [0.25, 0.3) is 0 Å². The predicted octanol–water partition coefficient (Wildman–Crippen LogP) is 1.06. The van der Waals surface area contributed by atoms with E-state index in [1.165, 1.54) is 0 Å². The molecule has 3 heterocycles. The summed E-state index contributed by atoms with van der Waals surface area (Å²) in [5, 5.41) is 0. The van der Waals surface area contributed by atoms with Crippen LogP contribution in [0.25, 0.3) is 0 Å². The van der Waals surface area contributed by atoms with Gasteiger partial charge in [-0.1, -0.05) is 6.92 Å². The zero-order valence-electron chi connectivity index (χ0n) is 12.7. The lowest BCUT2D eigenvalue weighted by Gasteiger charge is -2.24. The van der Waals surface area contributed by atoms with E-state index in [0.717, 1.165) is 44.0 Å². The molecule has 6 heteroatoms. The van der Waals surface area contributed by atoms with Gasteiger partial charge in [-0.05, 0) is 13.5 Å². The predicted molar refractivity (Wildman–Crippen MR) is 76.7 cm³/mol. The Morgan fingerprint density at radius 1 is 1.48 bits per heavy atom. The third-order valence-corrected chi connectivity index (χ3v) is 4.50. The van der Waals surface area contributed by atoms with Crippen LogP contribution in [0.2, 0.25) is 0 Å². The summed E-state index contributed by atoms with van der Waals surface area (Å²) < 4.78 is 10.7. The van der Waals surface area contributed by atoms with Crippen LogP contribution in [-0.2, 0) is 22.5 Å². The van der Waals surface area contributed by atoms with Crippen LogP contribution in [0.15, 0.2) is 10.6 Å². The Labute approximate surface area is 125 Å². The van der Waals surface area contributed by atoms with Crippen molar-refractivity contribution < 1.29 is 13.9 Å². The molecule has 116 valence electrons. The highest BCUT2D eigenvalue weighted by Gasteiger charge is 2.37. The molecule has 0 bridgehead atoms. The van der Waals surface area contributed by atoms with Crippen molar-refractivity contribution in [1.29, 1.82) is 0 Å². The normalized spacial score (nSPS) is 26.7. The molecule has 21 heavy (non-hydrogen) atoms. The van der Waals surface area contributed by atoms with Crippen LogP contribution in [0, 0.1) is 0 Å². The largest absolute Gasteiger partial charge is 0.464 e. The smallest absolute Gasteiger partial charge is 0.323 e. The Morgan fingerprint density at radius 3 is 3.00 bits per heavy atom. The maximum atomic E-state index is 11.7. The number of rotatable bonds is 5. The van der Waals surface area contributed by atoms with Crippen molar-refractivity contribution in [2.45, 2.75) is 44.8 Å². The van der Waals surface area contributed by atoms with Crippen LogP contribution < -0.4 is 0 Å². The molecular weight excluding hydrogens is 270 g/mol. The highest BCUT2D eigenvalue weighted by Crippen LogP contribution is 2.23. The van der Waals surface area contributed by atoms with Crippen molar-refractivity contribution >= 4 is 5.97 Å². The van der Waals surface area contributed by atoms with Gasteiger partial charge >= 0.3 is 5.97 Å². The van der Waals surface area contributed by atoms with Crippen molar-refractivity contribution in [1.82, 2.24) is 14.8 Å². The lowest BCUT2D eigenvalue weighted by molar-refractivity contribution is -0.142. The summed E-state index contributed by atoms with van der Waals surface area (Å²) in [6.07, 6.45) is 4.58. The van der Waals surface area contributed by atoms with Crippen LogP contribution in [0.3, 0.4) is 0 Å². The molecule has 0 saturated carbocycles. The Balaban J connectivity index is 1.54. The molecule has 2 atom stereocenters. The van der Waals surface area contributed by atoms with E-state index < -0.39 is 0 Å². The van der Waals surface area contributed by atoms with Crippen LogP contribution in [0.1, 0.15) is 31.4 Å². The van der Waals surface area contributed by atoms with Crippen molar-refractivity contribution in [3.8, 4) is 0 Å². The molecule has 2 saturated heterocycles. The number of ether oxygens (including phenoxy) is 1. The number of hydrogen-bond donors (Lipinski definition) is 0. The molecule has 3 rings (SSSR count). The summed E-state index contributed by atoms with van der Waals surface area (Å²) in [6.45, 7) is 5.21. The van der Waals surface area contributed by atoms with Gasteiger partial charge in [0.05, 0.1) is 19.3 Å². The third-order valence-electron chi connectivity index (χ3n) is 4.50. The van der Waals surface area contributed by atoms with Gasteiger partial charge in [-0.15, -0.1) is 0 Å². The first-order chi connectivity index (χ1) is 10.2. The average molecular weight is 293 g/mol. The number of cyclic esters (lactones) is 1. The second kappa shape index (κ2) is 6.15. The zero-order valence-corrected chi connectivity index (χ0v) is 12.7. The van der Waals surface area contributed by atoms with Gasteiger partial charge in [0, 0.05) is 32.0 Å². The zero-order chi connectivity index (χ0) is 14.8. The molecule has 0 spiro atoms. The molecular formula is C15H23N3O3. The molecule has 0 aliphatic carbocycles. The topological polar surface area (TPSA) is 58.8 Å². The second-order valence-corrected chi connectivity index (χ2v) is 5.90. The number of aromatic nitrogens is 1. The molecule has 1 aromatic rings. The minimum Gasteiger partial charge on any atom is -0.464 e. The van der Waals surface area contributed by atoms with Gasteiger partial charge in [-0.25, -0.2) is 4.98 Å². The van der Waals surface area contributed by atoms with Crippen molar-refractivity contribution in [3.05, 3.63) is 17.8 Å². The van der Waals surface area contributed by atoms with E-state index in [0.29, 0.717) is 19.2 Å². The standard InChI is InChI=1S/C15H23N3O3/c1-3-12-8-16-14(21-12)10-17(2)11-4-6-18(9-11)13-5-7-20-15(13)19/h8,11,13H,3-7,9-10H2,1-2H3/t11-,13-/m1/s1. The highest BCUT2D eigenvalue weighted by molar-refractivity contribution is 5.77. The summed E-state index contributed by atoms with van der Waals surface area (Å²) >= 11 is 0. The number of likely N-dealkylation sites (tertiary alicyclic amines) is 1. The molecule has 1 aromatic heterocycles. The molecule has 2 fully saturated rings. The second-order valence-electron chi connectivity index (χ2n) is 5.90. The van der Waals surface area contributed by atoms with E-state index in [9.17, 15) is 4.79 Å². The van der Waals surface area contributed by atoms with E-state index in [1.54, 1.807) is 6.20 Å². The van der Waals surface area contributed by atoms with Gasteiger partial charge in [0.1, 0.15) is 11.8 Å². The Hall–Kier alpha value is -1.40. The fourth-order valence-electron chi connectivity index (χ4n) is 3.15. The maximum absolute atomic E-state index is 11.7. The summed E-state index contributed by atoms with van der Waals surface area (Å²) in [5.74, 6) is 1.65. The highest BCUT2D eigenvalue weighted by atomic mass is 16.5. The van der Waals surface area contributed by atoms with Gasteiger partial charge in [0.15, 0.2) is 0 Å². The Morgan fingerprint density at radius 2 is 2.33 bits per heavy atom. The van der Waals surface area contributed by atoms with Crippen molar-refractivity contribution in [2.75, 3.05) is 26.7 Å². The monoisotopic (exact) mass is 293 g/mol. The molecule has 0 aromatic carbocycles. The summed E-state index contributed by atoms with van der Waals surface area (Å²) in [6, 6.07) is 0.409. The Kier molecular flexibility index (Phi) is 4.26. The van der Waals surface area contributed by atoms with Gasteiger partial charge in [-0.2, -0.15) is 0 Å². The number of carbonyl (C=O) groups is 1. The van der Waals surface area contributed by atoms with E-state index in [-0.39, 0.29) is 12.0 Å². The summed E-state index contributed by atoms with van der Waals surface area (Å²) in [5.41, 5.74) is 0. The van der Waals surface area contributed by atoms with Gasteiger partial charge in [0.2, 0.25) is 5.89 Å². The van der Waals surface area contributed by atoms with Crippen LogP contribution in [-0.4, -0.2) is 59.6 Å². The molecule has 2 aliphatic rings. The van der Waals surface area contributed by atoms with E-state index >= 15 is 0 Å². The summed E-state index contributed by atoms with van der Waals surface area (Å²) in [4.78, 5) is 20.5. The van der Waals surface area contributed by atoms with Crippen LogP contribution in [0.4, 0.5) is 0 Å². The number of aryl methyl sites for hydroxylation is 1. The lowest BCUT2D eigenvalue weighted by Crippen LogP contribution is -2.40. The first-order valence-corrected chi connectivity index (χ1v) is 7.72. The van der Waals surface area contributed by atoms with Gasteiger partial charge in [-0.3, -0.25) is 14.6 Å². The molecule has 6 nitrogen and oxygen atoms in total. The first-order valence-electron chi connectivity index (χ1n) is 7.72. The van der Waals surface area contributed by atoms with Crippen LogP contribution in [0.5, 0.6) is 0 Å². The van der Waals surface area contributed by atoms with Crippen molar-refractivity contribution in [3.63, 3.8) is 0 Å². The summed E-state index contributed by atoms with van der Waals surface area (Å²) in [7, 11) is 2.09. The van der Waals surface area contributed by atoms with E-state index in [4.69, 9.17) is 9.15 Å². The van der Waals surface area contributed by atoms with E-state index in [2.05, 4.69) is 28.8 Å². The van der Waals surface area contributed by atoms with Crippen LogP contribution >= 0.6 is 0 Å². The first kappa shape index (κ1) is 14.5. The number of nitrogens with zero attached hydrogens (tertiary/aromatic N) is 3.